The first-order valence-corrected chi connectivity index (χ1v) is 7.11. The van der Waals surface area contributed by atoms with E-state index in [4.69, 9.17) is 5.73 Å². The highest BCUT2D eigenvalue weighted by Gasteiger charge is 2.33. The van der Waals surface area contributed by atoms with Crippen molar-refractivity contribution in [3.63, 3.8) is 0 Å². The Kier molecular flexibility index (Phi) is 6.17. The van der Waals surface area contributed by atoms with Gasteiger partial charge in [0.1, 0.15) is 0 Å². The third kappa shape index (κ3) is 4.94. The van der Waals surface area contributed by atoms with Gasteiger partial charge in [0.05, 0.1) is 5.56 Å². The Bertz CT molecular complexity index is 416. The molecular weight excluding hydrogens is 265 g/mol. The molecule has 2 nitrogen and oxygen atoms in total. The molecule has 3 N–H and O–H groups in total. The van der Waals surface area contributed by atoms with Crippen LogP contribution in [0, 0.1) is 0 Å². The van der Waals surface area contributed by atoms with Gasteiger partial charge in [0, 0.05) is 17.4 Å². The Morgan fingerprint density at radius 3 is 2.40 bits per heavy atom. The predicted molar refractivity (Wildman–Crippen MR) is 77.7 cm³/mol. The van der Waals surface area contributed by atoms with Crippen LogP contribution in [0.3, 0.4) is 0 Å². The van der Waals surface area contributed by atoms with Gasteiger partial charge in [-0.05, 0) is 31.0 Å². The number of anilines is 2. The lowest BCUT2D eigenvalue weighted by Gasteiger charge is -2.20. The highest BCUT2D eigenvalue weighted by Crippen LogP contribution is 2.35. The van der Waals surface area contributed by atoms with Crippen LogP contribution in [-0.4, -0.2) is 6.04 Å². The number of alkyl halides is 3. The summed E-state index contributed by atoms with van der Waals surface area (Å²) in [5, 5.41) is 3.20. The Morgan fingerprint density at radius 1 is 1.15 bits per heavy atom. The molecule has 0 radical (unpaired) electrons. The second-order valence-electron chi connectivity index (χ2n) is 5.07. The standard InChI is InChI=1S/C15H23F3N2/c1-3-5-7-11(6-4-2)20-12-8-9-14(19)13(10-12)15(16,17)18/h8-11,20H,3-7,19H2,1-2H3. The van der Waals surface area contributed by atoms with Crippen molar-refractivity contribution in [1.29, 1.82) is 0 Å². The van der Waals surface area contributed by atoms with Crippen molar-refractivity contribution >= 4 is 11.4 Å². The zero-order valence-electron chi connectivity index (χ0n) is 12.1. The minimum Gasteiger partial charge on any atom is -0.398 e. The number of nitrogens with one attached hydrogen (secondary N) is 1. The first-order chi connectivity index (χ1) is 9.38. The van der Waals surface area contributed by atoms with E-state index < -0.39 is 11.7 Å². The maximum absolute atomic E-state index is 12.8. The lowest BCUT2D eigenvalue weighted by Crippen LogP contribution is -2.20. The molecule has 0 aliphatic carbocycles. The monoisotopic (exact) mass is 288 g/mol. The number of hydrogen-bond donors (Lipinski definition) is 2. The first kappa shape index (κ1) is 16.7. The average molecular weight is 288 g/mol. The van der Waals surface area contributed by atoms with Gasteiger partial charge < -0.3 is 11.1 Å². The maximum atomic E-state index is 12.8. The normalized spacial score (nSPS) is 13.2. The Balaban J connectivity index is 2.85. The summed E-state index contributed by atoms with van der Waals surface area (Å²) in [4.78, 5) is 0. The molecule has 0 aromatic heterocycles. The smallest absolute Gasteiger partial charge is 0.398 e. The van der Waals surface area contributed by atoms with Crippen molar-refractivity contribution in [2.75, 3.05) is 11.1 Å². The molecule has 0 saturated carbocycles. The van der Waals surface area contributed by atoms with Crippen molar-refractivity contribution in [3.8, 4) is 0 Å². The molecule has 0 spiro atoms. The zero-order chi connectivity index (χ0) is 15.2. The predicted octanol–water partition coefficient (Wildman–Crippen LogP) is 5.06. The highest BCUT2D eigenvalue weighted by atomic mass is 19.4. The third-order valence-corrected chi connectivity index (χ3v) is 3.27. The minimum absolute atomic E-state index is 0.213. The van der Waals surface area contributed by atoms with Crippen molar-refractivity contribution in [3.05, 3.63) is 23.8 Å². The topological polar surface area (TPSA) is 38.0 Å². The third-order valence-electron chi connectivity index (χ3n) is 3.27. The molecule has 0 bridgehead atoms. The Labute approximate surface area is 118 Å². The van der Waals surface area contributed by atoms with Gasteiger partial charge in [-0.25, -0.2) is 0 Å². The molecule has 0 aliphatic heterocycles. The summed E-state index contributed by atoms with van der Waals surface area (Å²) >= 11 is 0. The molecule has 0 fully saturated rings. The SMILES string of the molecule is CCCCC(CCC)Nc1ccc(N)c(C(F)(F)F)c1. The van der Waals surface area contributed by atoms with E-state index >= 15 is 0 Å². The molecule has 0 heterocycles. The fourth-order valence-corrected chi connectivity index (χ4v) is 2.21. The van der Waals surface area contributed by atoms with Gasteiger partial charge in [0.25, 0.3) is 0 Å². The highest BCUT2D eigenvalue weighted by molar-refractivity contribution is 5.58. The van der Waals surface area contributed by atoms with Gasteiger partial charge >= 0.3 is 6.18 Å². The summed E-state index contributed by atoms with van der Waals surface area (Å²) in [6.45, 7) is 4.18. The summed E-state index contributed by atoms with van der Waals surface area (Å²) in [6.07, 6.45) is 0.659. The van der Waals surface area contributed by atoms with Crippen molar-refractivity contribution < 1.29 is 13.2 Å². The average Bonchev–Trinajstić information content (AvgIpc) is 2.37. The van der Waals surface area contributed by atoms with Gasteiger partial charge in [-0.2, -0.15) is 13.2 Å². The van der Waals surface area contributed by atoms with E-state index in [-0.39, 0.29) is 11.7 Å². The number of unbranched alkanes of at least 4 members (excludes halogenated alkanes) is 1. The summed E-state index contributed by atoms with van der Waals surface area (Å²) < 4.78 is 38.4. The molecular formula is C15H23F3N2. The molecule has 1 rings (SSSR count). The Hall–Kier alpha value is -1.39. The molecule has 0 amide bonds. The minimum atomic E-state index is -4.41. The quantitative estimate of drug-likeness (QED) is 0.688. The van der Waals surface area contributed by atoms with Crippen LogP contribution in [0.1, 0.15) is 51.5 Å². The summed E-state index contributed by atoms with van der Waals surface area (Å²) in [5.74, 6) is 0. The molecule has 1 aromatic rings. The zero-order valence-corrected chi connectivity index (χ0v) is 12.1. The fourth-order valence-electron chi connectivity index (χ4n) is 2.21. The van der Waals surface area contributed by atoms with Gasteiger partial charge in [0.2, 0.25) is 0 Å². The molecule has 0 aliphatic rings. The molecule has 1 unspecified atom stereocenters. The van der Waals surface area contributed by atoms with Gasteiger partial charge in [0.15, 0.2) is 0 Å². The largest absolute Gasteiger partial charge is 0.418 e. The van der Waals surface area contributed by atoms with E-state index in [2.05, 4.69) is 19.2 Å². The van der Waals surface area contributed by atoms with Crippen LogP contribution in [0.4, 0.5) is 24.5 Å². The molecule has 0 saturated heterocycles. The van der Waals surface area contributed by atoms with Gasteiger partial charge in [-0.3, -0.25) is 0 Å². The Morgan fingerprint density at radius 2 is 1.85 bits per heavy atom. The summed E-state index contributed by atoms with van der Waals surface area (Å²) in [6, 6.07) is 4.24. The molecule has 1 atom stereocenters. The lowest BCUT2D eigenvalue weighted by molar-refractivity contribution is -0.136. The first-order valence-electron chi connectivity index (χ1n) is 7.11. The molecule has 20 heavy (non-hydrogen) atoms. The van der Waals surface area contributed by atoms with Crippen LogP contribution in [0.15, 0.2) is 18.2 Å². The number of nitrogen functional groups attached to an aromatic ring is 1. The number of benzene rings is 1. The van der Waals surface area contributed by atoms with Crippen LogP contribution < -0.4 is 11.1 Å². The number of halogens is 3. The van der Waals surface area contributed by atoms with Crippen LogP contribution in [0.2, 0.25) is 0 Å². The van der Waals surface area contributed by atoms with Crippen molar-refractivity contribution in [2.24, 2.45) is 0 Å². The van der Waals surface area contributed by atoms with Crippen molar-refractivity contribution in [1.82, 2.24) is 0 Å². The van der Waals surface area contributed by atoms with Crippen LogP contribution in [-0.2, 0) is 6.18 Å². The van der Waals surface area contributed by atoms with Crippen LogP contribution in [0.25, 0.3) is 0 Å². The number of nitrogens with two attached hydrogens (primary N) is 1. The van der Waals surface area contributed by atoms with E-state index in [1.165, 1.54) is 6.07 Å². The van der Waals surface area contributed by atoms with Crippen molar-refractivity contribution in [2.45, 2.75) is 58.2 Å². The van der Waals surface area contributed by atoms with Crippen LogP contribution in [0.5, 0.6) is 0 Å². The summed E-state index contributed by atoms with van der Waals surface area (Å²) in [5.41, 5.74) is 4.88. The number of hydrogen-bond acceptors (Lipinski definition) is 2. The molecule has 1 aromatic carbocycles. The van der Waals surface area contributed by atoms with E-state index in [0.717, 1.165) is 38.2 Å². The van der Waals surface area contributed by atoms with E-state index in [9.17, 15) is 13.2 Å². The van der Waals surface area contributed by atoms with E-state index in [0.29, 0.717) is 5.69 Å². The van der Waals surface area contributed by atoms with E-state index in [1.54, 1.807) is 6.07 Å². The van der Waals surface area contributed by atoms with Gasteiger partial charge in [-0.1, -0.05) is 33.1 Å². The molecule has 114 valence electrons. The van der Waals surface area contributed by atoms with E-state index in [1.807, 2.05) is 0 Å². The summed E-state index contributed by atoms with van der Waals surface area (Å²) in [7, 11) is 0. The second kappa shape index (κ2) is 7.41. The van der Waals surface area contributed by atoms with Gasteiger partial charge in [-0.15, -0.1) is 0 Å². The second-order valence-corrected chi connectivity index (χ2v) is 5.07. The maximum Gasteiger partial charge on any atom is 0.418 e. The fraction of sp³-hybridized carbons (Fsp3) is 0.600. The lowest BCUT2D eigenvalue weighted by atomic mass is 10.0. The molecule has 5 heteroatoms. The van der Waals surface area contributed by atoms with Crippen LogP contribution >= 0.6 is 0 Å². The number of rotatable bonds is 7.